The van der Waals surface area contributed by atoms with Gasteiger partial charge < -0.3 is 4.74 Å². The summed E-state index contributed by atoms with van der Waals surface area (Å²) >= 11 is 0. The van der Waals surface area contributed by atoms with Crippen LogP contribution in [0.5, 0.6) is 0 Å². The minimum Gasteiger partial charge on any atom is -0.383 e. The Morgan fingerprint density at radius 1 is 1.27 bits per heavy atom. The average Bonchev–Trinajstić information content (AvgIpc) is 2.94. The van der Waals surface area contributed by atoms with E-state index in [0.717, 1.165) is 0 Å². The number of likely N-dealkylation sites (N-methyl/N-ethyl adjacent to an activating group) is 1. The van der Waals surface area contributed by atoms with E-state index in [1.807, 2.05) is 13.8 Å². The van der Waals surface area contributed by atoms with Crippen LogP contribution in [-0.4, -0.2) is 79.7 Å². The van der Waals surface area contributed by atoms with Gasteiger partial charge in [-0.1, -0.05) is 20.8 Å². The van der Waals surface area contributed by atoms with Gasteiger partial charge in [0.15, 0.2) is 0 Å². The number of amides is 2. The van der Waals surface area contributed by atoms with E-state index in [0.29, 0.717) is 19.6 Å². The van der Waals surface area contributed by atoms with Crippen LogP contribution >= 0.6 is 0 Å². The van der Waals surface area contributed by atoms with Crippen molar-refractivity contribution >= 4 is 22.0 Å². The van der Waals surface area contributed by atoms with Crippen molar-refractivity contribution < 1.29 is 22.7 Å². The fourth-order valence-corrected chi connectivity index (χ4v) is 6.12. The lowest BCUT2D eigenvalue weighted by atomic mass is 10.0. The summed E-state index contributed by atoms with van der Waals surface area (Å²) in [5.74, 6) is -0.421. The molecule has 2 saturated heterocycles. The van der Waals surface area contributed by atoms with Gasteiger partial charge in [0.05, 0.1) is 24.6 Å². The Hall–Kier alpha value is -1.03. The Balaban J connectivity index is 1.81. The maximum Gasteiger partial charge on any atom is 0.282 e. The molecule has 148 valence electrons. The molecule has 0 bridgehead atoms. The third-order valence-electron chi connectivity index (χ3n) is 6.49. The first kappa shape index (κ1) is 19.7. The lowest BCUT2D eigenvalue weighted by Crippen LogP contribution is -2.48. The highest BCUT2D eigenvalue weighted by atomic mass is 32.2. The summed E-state index contributed by atoms with van der Waals surface area (Å²) in [5.41, 5.74) is 0. The van der Waals surface area contributed by atoms with Crippen LogP contribution in [-0.2, 0) is 24.5 Å². The van der Waals surface area contributed by atoms with Crippen molar-refractivity contribution in [3.63, 3.8) is 0 Å². The Bertz CT molecular complexity index is 689. The van der Waals surface area contributed by atoms with E-state index in [4.69, 9.17) is 4.74 Å². The fraction of sp³-hybridized carbons (Fsp3) is 0.882. The zero-order valence-corrected chi connectivity index (χ0v) is 16.9. The Kier molecular flexibility index (Phi) is 5.20. The van der Waals surface area contributed by atoms with Gasteiger partial charge in [-0.15, -0.1) is 0 Å². The number of carbonyl (C=O) groups excluding carboxylic acids is 2. The van der Waals surface area contributed by atoms with E-state index in [1.54, 1.807) is 6.92 Å². The number of fused-ring (bicyclic) bond motifs is 1. The molecule has 9 heteroatoms. The molecule has 1 aliphatic carbocycles. The van der Waals surface area contributed by atoms with Crippen LogP contribution < -0.4 is 0 Å². The number of hydrogen-bond acceptors (Lipinski definition) is 5. The molecule has 1 unspecified atom stereocenters. The highest BCUT2D eigenvalue weighted by Gasteiger charge is 2.60. The van der Waals surface area contributed by atoms with Gasteiger partial charge in [-0.3, -0.25) is 14.5 Å². The summed E-state index contributed by atoms with van der Waals surface area (Å²) in [5, 5.41) is 0. The Morgan fingerprint density at radius 3 is 2.42 bits per heavy atom. The molecule has 0 aromatic carbocycles. The molecule has 0 aromatic heterocycles. The van der Waals surface area contributed by atoms with Gasteiger partial charge in [0, 0.05) is 33.2 Å². The zero-order valence-electron chi connectivity index (χ0n) is 16.1. The molecule has 1 saturated carbocycles. The molecule has 8 nitrogen and oxygen atoms in total. The highest BCUT2D eigenvalue weighted by Crippen LogP contribution is 2.49. The second kappa shape index (κ2) is 6.85. The van der Waals surface area contributed by atoms with Crippen LogP contribution in [0.2, 0.25) is 0 Å². The van der Waals surface area contributed by atoms with E-state index >= 15 is 0 Å². The second-order valence-electron chi connectivity index (χ2n) is 7.86. The van der Waals surface area contributed by atoms with E-state index in [9.17, 15) is 18.0 Å². The van der Waals surface area contributed by atoms with Crippen molar-refractivity contribution in [1.29, 1.82) is 0 Å². The molecule has 0 aromatic rings. The maximum atomic E-state index is 12.9. The van der Waals surface area contributed by atoms with Crippen molar-refractivity contribution in [1.82, 2.24) is 13.5 Å². The molecule has 26 heavy (non-hydrogen) atoms. The van der Waals surface area contributed by atoms with Gasteiger partial charge in [-0.2, -0.15) is 17.0 Å². The van der Waals surface area contributed by atoms with Crippen molar-refractivity contribution in [2.45, 2.75) is 39.3 Å². The predicted molar refractivity (Wildman–Crippen MR) is 95.2 cm³/mol. The van der Waals surface area contributed by atoms with Gasteiger partial charge in [0.1, 0.15) is 0 Å². The monoisotopic (exact) mass is 387 g/mol. The molecule has 0 spiro atoms. The Morgan fingerprint density at radius 2 is 1.88 bits per heavy atom. The summed E-state index contributed by atoms with van der Waals surface area (Å²) in [6.07, 6.45) is 0.499. The van der Waals surface area contributed by atoms with Crippen molar-refractivity contribution in [3.8, 4) is 0 Å². The third-order valence-corrected chi connectivity index (χ3v) is 8.48. The van der Waals surface area contributed by atoms with Gasteiger partial charge in [0.2, 0.25) is 11.8 Å². The number of rotatable bonds is 6. The van der Waals surface area contributed by atoms with Crippen LogP contribution in [0.15, 0.2) is 0 Å². The van der Waals surface area contributed by atoms with Crippen LogP contribution in [0.1, 0.15) is 27.2 Å². The fourth-order valence-electron chi connectivity index (χ4n) is 4.49. The normalized spacial score (nSPS) is 37.5. The number of imide groups is 1. The molecule has 0 N–H and O–H groups in total. The summed E-state index contributed by atoms with van der Waals surface area (Å²) in [6.45, 7) is 6.64. The van der Waals surface area contributed by atoms with Crippen LogP contribution in [0.3, 0.4) is 0 Å². The first-order valence-corrected chi connectivity index (χ1v) is 10.6. The van der Waals surface area contributed by atoms with E-state index in [1.165, 1.54) is 27.7 Å². The van der Waals surface area contributed by atoms with Crippen LogP contribution in [0.25, 0.3) is 0 Å². The molecule has 0 radical (unpaired) electrons. The summed E-state index contributed by atoms with van der Waals surface area (Å²) < 4.78 is 33.5. The SMILES string of the molecule is COCCN(C)S(=O)(=O)N1CC[C@H]2[C@H]1[C@H](C)C(=O)N2C(=O)C1[C@@H](C)[C@H]1C. The summed E-state index contributed by atoms with van der Waals surface area (Å²) in [7, 11) is -0.666. The minimum atomic E-state index is -3.70. The number of carbonyl (C=O) groups is 2. The molecule has 2 aliphatic heterocycles. The van der Waals surface area contributed by atoms with Crippen LogP contribution in [0.4, 0.5) is 0 Å². The molecule has 6 atom stereocenters. The predicted octanol–water partition coefficient (Wildman–Crippen LogP) is 0.159. The maximum absolute atomic E-state index is 12.9. The largest absolute Gasteiger partial charge is 0.383 e. The van der Waals surface area contributed by atoms with E-state index < -0.39 is 22.2 Å². The van der Waals surface area contributed by atoms with Gasteiger partial charge in [0.25, 0.3) is 10.2 Å². The molecule has 2 heterocycles. The number of nitrogens with zero attached hydrogens (tertiary/aromatic N) is 3. The average molecular weight is 388 g/mol. The lowest BCUT2D eigenvalue weighted by Gasteiger charge is -2.29. The molecule has 2 amide bonds. The summed E-state index contributed by atoms with van der Waals surface area (Å²) in [4.78, 5) is 27.0. The number of likely N-dealkylation sites (tertiary alicyclic amines) is 1. The Labute approximate surface area is 155 Å². The first-order chi connectivity index (χ1) is 12.1. The topological polar surface area (TPSA) is 87.2 Å². The van der Waals surface area contributed by atoms with Gasteiger partial charge >= 0.3 is 0 Å². The van der Waals surface area contributed by atoms with Gasteiger partial charge in [-0.25, -0.2) is 0 Å². The smallest absolute Gasteiger partial charge is 0.282 e. The number of ether oxygens (including phenoxy) is 1. The first-order valence-electron chi connectivity index (χ1n) is 9.23. The minimum absolute atomic E-state index is 0.111. The van der Waals surface area contributed by atoms with Gasteiger partial charge in [-0.05, 0) is 18.3 Å². The third kappa shape index (κ3) is 2.89. The number of hydrogen-bond donors (Lipinski definition) is 0. The molecule has 3 aliphatic rings. The molecule has 3 rings (SSSR count). The van der Waals surface area contributed by atoms with Crippen molar-refractivity contribution in [2.24, 2.45) is 23.7 Å². The second-order valence-corrected chi connectivity index (χ2v) is 9.85. The number of methoxy groups -OCH3 is 1. The van der Waals surface area contributed by atoms with E-state index in [-0.39, 0.29) is 42.2 Å². The molecular formula is C17H29N3O5S. The molecular weight excluding hydrogens is 358 g/mol. The van der Waals surface area contributed by atoms with Crippen LogP contribution in [0, 0.1) is 23.7 Å². The van der Waals surface area contributed by atoms with Crippen molar-refractivity contribution in [3.05, 3.63) is 0 Å². The zero-order chi connectivity index (χ0) is 19.4. The highest BCUT2D eigenvalue weighted by molar-refractivity contribution is 7.86. The van der Waals surface area contributed by atoms with E-state index in [2.05, 4.69) is 0 Å². The quantitative estimate of drug-likeness (QED) is 0.606. The molecule has 3 fully saturated rings. The standard InChI is InChI=1S/C17H29N3O5S/c1-10-11(2)14(10)17(22)20-13-6-7-19(15(13)12(3)16(20)21)26(23,24)18(4)8-9-25-5/h10-15H,6-9H2,1-5H3/t10-,11+,12-,13-,14?,15+/m0/s1. The summed E-state index contributed by atoms with van der Waals surface area (Å²) in [6, 6.07) is -0.832. The lowest BCUT2D eigenvalue weighted by molar-refractivity contribution is -0.146. The van der Waals surface area contributed by atoms with Crippen molar-refractivity contribution in [2.75, 3.05) is 33.9 Å².